The molecular weight excluding hydrogens is 368 g/mol. The van der Waals surface area contributed by atoms with E-state index in [2.05, 4.69) is 0 Å². The van der Waals surface area contributed by atoms with Crippen LogP contribution in [0.25, 0.3) is 0 Å². The molecule has 0 aromatic heterocycles. The number of rotatable bonds is 6. The number of carbonyl (C=O) groups excluding carboxylic acids is 1. The van der Waals surface area contributed by atoms with Gasteiger partial charge in [0.15, 0.2) is 0 Å². The van der Waals surface area contributed by atoms with Crippen molar-refractivity contribution in [2.24, 2.45) is 5.41 Å². The van der Waals surface area contributed by atoms with Crippen molar-refractivity contribution < 1.29 is 41.0 Å². The van der Waals surface area contributed by atoms with Gasteiger partial charge in [0.1, 0.15) is 6.54 Å². The molecule has 1 rings (SSSR count). The van der Waals surface area contributed by atoms with Crippen LogP contribution in [0.1, 0.15) is 31.4 Å². The van der Waals surface area contributed by atoms with Gasteiger partial charge in [-0.25, -0.2) is 0 Å². The third-order valence-corrected chi connectivity index (χ3v) is 3.69. The first-order chi connectivity index (χ1) is 11.6. The number of benzene rings is 1. The second-order valence-corrected chi connectivity index (χ2v) is 6.40. The van der Waals surface area contributed by atoms with E-state index in [1.807, 2.05) is 0 Å². The maximum Gasteiger partial charge on any atom is 0.416 e. The first kappa shape index (κ1) is 21.8. The number of hydrogen-bond acceptors (Lipinski definition) is 2. The van der Waals surface area contributed by atoms with E-state index < -0.39 is 54.7 Å². The quantitative estimate of drug-likeness (QED) is 0.751. The molecule has 1 aromatic carbocycles. The smallest absolute Gasteiger partial charge is 0.416 e. The van der Waals surface area contributed by atoms with E-state index in [1.54, 1.807) is 0 Å². The van der Waals surface area contributed by atoms with Gasteiger partial charge < -0.3 is 10.0 Å². The van der Waals surface area contributed by atoms with Gasteiger partial charge in [0, 0.05) is 13.0 Å². The van der Waals surface area contributed by atoms with Gasteiger partial charge >= 0.3 is 18.3 Å². The molecule has 0 aliphatic rings. The number of aliphatic carboxylic acids is 1. The van der Waals surface area contributed by atoms with Gasteiger partial charge in [0.25, 0.3) is 0 Å². The minimum Gasteiger partial charge on any atom is -0.480 e. The van der Waals surface area contributed by atoms with Crippen LogP contribution in [0.4, 0.5) is 26.3 Å². The lowest BCUT2D eigenvalue weighted by Crippen LogP contribution is -2.41. The van der Waals surface area contributed by atoms with Crippen LogP contribution < -0.4 is 0 Å². The zero-order chi connectivity index (χ0) is 20.3. The predicted molar refractivity (Wildman–Crippen MR) is 78.9 cm³/mol. The Morgan fingerprint density at radius 2 is 1.50 bits per heavy atom. The summed E-state index contributed by atoms with van der Waals surface area (Å²) in [6, 6.07) is 3.58. The molecule has 0 radical (unpaired) electrons. The fourth-order valence-corrected chi connectivity index (χ4v) is 2.01. The minimum absolute atomic E-state index is 0.164. The van der Waals surface area contributed by atoms with Gasteiger partial charge in [-0.1, -0.05) is 26.0 Å². The van der Waals surface area contributed by atoms with Gasteiger partial charge in [-0.3, -0.25) is 9.59 Å². The molecule has 1 N–H and O–H groups in total. The molecule has 1 amide bonds. The monoisotopic (exact) mass is 385 g/mol. The van der Waals surface area contributed by atoms with Crippen LogP contribution in [0.5, 0.6) is 0 Å². The summed E-state index contributed by atoms with van der Waals surface area (Å²) in [5, 5.41) is 8.85. The number of carboxylic acid groups (broad SMARTS) is 1. The van der Waals surface area contributed by atoms with E-state index in [1.165, 1.54) is 0 Å². The normalized spacial score (nSPS) is 12.8. The summed E-state index contributed by atoms with van der Waals surface area (Å²) in [6.45, 7) is 0.328. The SMILES string of the molecule is CC(C)(CC(=O)N(CC(=O)O)Cc1ccc(C(F)(F)F)cc1)C(F)(F)F. The highest BCUT2D eigenvalue weighted by Crippen LogP contribution is 2.40. The summed E-state index contributed by atoms with van der Waals surface area (Å²) in [5.41, 5.74) is -3.14. The van der Waals surface area contributed by atoms with Crippen molar-refractivity contribution in [1.82, 2.24) is 4.90 Å². The Bertz CT molecular complexity index is 649. The molecular formula is C16H17F6NO3. The molecule has 0 aliphatic heterocycles. The molecule has 1 aromatic rings. The molecule has 0 aliphatic carbocycles. The molecule has 146 valence electrons. The number of amides is 1. The molecule has 4 nitrogen and oxygen atoms in total. The fraction of sp³-hybridized carbons (Fsp3) is 0.500. The van der Waals surface area contributed by atoms with E-state index in [-0.39, 0.29) is 5.56 Å². The largest absolute Gasteiger partial charge is 0.480 e. The third-order valence-electron chi connectivity index (χ3n) is 3.69. The topological polar surface area (TPSA) is 57.6 Å². The number of nitrogens with zero attached hydrogens (tertiary/aromatic N) is 1. The Balaban J connectivity index is 2.97. The number of hydrogen-bond donors (Lipinski definition) is 1. The Kier molecular flexibility index (Phi) is 6.32. The van der Waals surface area contributed by atoms with Crippen LogP contribution in [0.2, 0.25) is 0 Å². The van der Waals surface area contributed by atoms with Crippen LogP contribution in [0, 0.1) is 5.41 Å². The van der Waals surface area contributed by atoms with Crippen molar-refractivity contribution >= 4 is 11.9 Å². The van der Waals surface area contributed by atoms with Gasteiger partial charge in [-0.15, -0.1) is 0 Å². The Hall–Kier alpha value is -2.26. The highest BCUT2D eigenvalue weighted by atomic mass is 19.4. The van der Waals surface area contributed by atoms with Crippen molar-refractivity contribution in [3.05, 3.63) is 35.4 Å². The van der Waals surface area contributed by atoms with E-state index >= 15 is 0 Å². The lowest BCUT2D eigenvalue weighted by atomic mass is 9.88. The van der Waals surface area contributed by atoms with Gasteiger partial charge in [0.2, 0.25) is 5.91 Å². The predicted octanol–water partition coefficient (Wildman–Crippen LogP) is 4.10. The van der Waals surface area contributed by atoms with Crippen LogP contribution in [-0.4, -0.2) is 34.6 Å². The lowest BCUT2D eigenvalue weighted by molar-refractivity contribution is -0.215. The first-order valence-corrected chi connectivity index (χ1v) is 7.36. The molecule has 0 fully saturated rings. The average Bonchev–Trinajstić information content (AvgIpc) is 2.44. The summed E-state index contributed by atoms with van der Waals surface area (Å²) >= 11 is 0. The number of carbonyl (C=O) groups is 2. The zero-order valence-corrected chi connectivity index (χ0v) is 13.9. The number of alkyl halides is 6. The summed E-state index contributed by atoms with van der Waals surface area (Å²) in [7, 11) is 0. The zero-order valence-electron chi connectivity index (χ0n) is 13.9. The van der Waals surface area contributed by atoms with Crippen molar-refractivity contribution in [1.29, 1.82) is 0 Å². The van der Waals surface area contributed by atoms with Crippen molar-refractivity contribution in [3.63, 3.8) is 0 Å². The van der Waals surface area contributed by atoms with E-state index in [0.717, 1.165) is 38.1 Å². The molecule has 0 saturated carbocycles. The summed E-state index contributed by atoms with van der Waals surface area (Å²) in [6.07, 6.45) is -10.2. The molecule has 0 spiro atoms. The van der Waals surface area contributed by atoms with Crippen molar-refractivity contribution in [3.8, 4) is 0 Å². The van der Waals surface area contributed by atoms with Gasteiger partial charge in [-0.05, 0) is 17.7 Å². The van der Waals surface area contributed by atoms with E-state index in [9.17, 15) is 35.9 Å². The van der Waals surface area contributed by atoms with Gasteiger partial charge in [0.05, 0.1) is 11.0 Å². The number of halogens is 6. The fourth-order valence-electron chi connectivity index (χ4n) is 2.01. The maximum absolute atomic E-state index is 12.9. The highest BCUT2D eigenvalue weighted by molar-refractivity contribution is 5.81. The van der Waals surface area contributed by atoms with E-state index in [4.69, 9.17) is 5.11 Å². The van der Waals surface area contributed by atoms with Crippen LogP contribution >= 0.6 is 0 Å². The van der Waals surface area contributed by atoms with Crippen molar-refractivity contribution in [2.75, 3.05) is 6.54 Å². The molecule has 0 bridgehead atoms. The maximum atomic E-state index is 12.9. The second kappa shape index (κ2) is 7.55. The molecule has 0 heterocycles. The van der Waals surface area contributed by atoms with Crippen LogP contribution in [0.3, 0.4) is 0 Å². The molecule has 0 unspecified atom stereocenters. The first-order valence-electron chi connectivity index (χ1n) is 7.36. The van der Waals surface area contributed by atoms with Crippen LogP contribution in [-0.2, 0) is 22.3 Å². The molecule has 0 saturated heterocycles. The lowest BCUT2D eigenvalue weighted by Gasteiger charge is -2.30. The third kappa shape index (κ3) is 5.92. The summed E-state index contributed by atoms with van der Waals surface area (Å²) in [4.78, 5) is 23.7. The average molecular weight is 385 g/mol. The molecule has 0 atom stereocenters. The molecule has 26 heavy (non-hydrogen) atoms. The summed E-state index contributed by atoms with van der Waals surface area (Å²) in [5.74, 6) is -2.51. The minimum atomic E-state index is -4.67. The van der Waals surface area contributed by atoms with E-state index in [0.29, 0.717) is 4.90 Å². The Morgan fingerprint density at radius 3 is 1.88 bits per heavy atom. The summed E-state index contributed by atoms with van der Waals surface area (Å²) < 4.78 is 76.3. The van der Waals surface area contributed by atoms with Gasteiger partial charge in [-0.2, -0.15) is 26.3 Å². The number of carboxylic acids is 1. The second-order valence-electron chi connectivity index (χ2n) is 6.40. The molecule has 10 heteroatoms. The van der Waals surface area contributed by atoms with Crippen LogP contribution in [0.15, 0.2) is 24.3 Å². The Labute approximate surface area is 145 Å². The standard InChI is InChI=1S/C16H17F6NO3/c1-14(2,16(20,21)22)7-12(24)23(9-13(25)26)8-10-3-5-11(6-4-10)15(17,18)19/h3-6H,7-9H2,1-2H3,(H,25,26). The van der Waals surface area contributed by atoms with Crippen molar-refractivity contribution in [2.45, 2.75) is 39.2 Å². The Morgan fingerprint density at radius 1 is 1.00 bits per heavy atom. The highest BCUT2D eigenvalue weighted by Gasteiger charge is 2.49.